The molecular formula is C13H20ClNO. The van der Waals surface area contributed by atoms with E-state index in [0.717, 1.165) is 22.9 Å². The first-order valence-corrected chi connectivity index (χ1v) is 6.06. The van der Waals surface area contributed by atoms with Crippen molar-refractivity contribution in [1.29, 1.82) is 0 Å². The molecule has 0 aliphatic carbocycles. The number of anilines is 1. The maximum atomic E-state index is 5.98. The number of hydrogen-bond acceptors (Lipinski definition) is 2. The molecule has 0 saturated carbocycles. The average molecular weight is 242 g/mol. The largest absolute Gasteiger partial charge is 0.495 e. The van der Waals surface area contributed by atoms with E-state index < -0.39 is 0 Å². The second-order valence-corrected chi connectivity index (χ2v) is 4.60. The highest BCUT2D eigenvalue weighted by molar-refractivity contribution is 6.30. The fraction of sp³-hybridized carbons (Fsp3) is 0.538. The van der Waals surface area contributed by atoms with Crippen LogP contribution in [0.3, 0.4) is 0 Å². The number of nitrogens with one attached hydrogen (secondary N) is 1. The second-order valence-electron chi connectivity index (χ2n) is 4.16. The topological polar surface area (TPSA) is 21.3 Å². The highest BCUT2D eigenvalue weighted by atomic mass is 35.5. The van der Waals surface area contributed by atoms with Crippen molar-refractivity contribution in [1.82, 2.24) is 0 Å². The Morgan fingerprint density at radius 2 is 2.06 bits per heavy atom. The molecule has 1 aromatic rings. The third kappa shape index (κ3) is 3.31. The van der Waals surface area contributed by atoms with Crippen LogP contribution in [0.1, 0.15) is 27.2 Å². The molecule has 0 amide bonds. The van der Waals surface area contributed by atoms with Crippen molar-refractivity contribution in [3.05, 3.63) is 23.2 Å². The van der Waals surface area contributed by atoms with Crippen LogP contribution in [0.4, 0.5) is 5.69 Å². The van der Waals surface area contributed by atoms with Crippen LogP contribution >= 0.6 is 11.6 Å². The van der Waals surface area contributed by atoms with Crippen LogP contribution in [-0.4, -0.2) is 13.2 Å². The van der Waals surface area contributed by atoms with Crippen molar-refractivity contribution < 1.29 is 4.74 Å². The number of ether oxygens (including phenoxy) is 1. The Kier molecular flexibility index (Phi) is 4.94. The van der Waals surface area contributed by atoms with Crippen molar-refractivity contribution in [3.63, 3.8) is 0 Å². The Bertz CT molecular complexity index is 341. The summed E-state index contributed by atoms with van der Waals surface area (Å²) in [6.45, 7) is 6.60. The van der Waals surface area contributed by atoms with Crippen molar-refractivity contribution >= 4 is 17.3 Å². The van der Waals surface area contributed by atoms with E-state index in [1.807, 2.05) is 18.2 Å². The molecule has 0 spiro atoms. The van der Waals surface area contributed by atoms with Crippen LogP contribution in [0.2, 0.25) is 5.02 Å². The monoisotopic (exact) mass is 241 g/mol. The van der Waals surface area contributed by atoms with Crippen LogP contribution in [0, 0.1) is 5.92 Å². The molecule has 0 fully saturated rings. The lowest BCUT2D eigenvalue weighted by Gasteiger charge is -2.22. The molecule has 0 heterocycles. The van der Waals surface area contributed by atoms with Crippen molar-refractivity contribution in [3.8, 4) is 5.75 Å². The van der Waals surface area contributed by atoms with Crippen LogP contribution < -0.4 is 10.1 Å². The summed E-state index contributed by atoms with van der Waals surface area (Å²) in [5.41, 5.74) is 0.961. The number of rotatable bonds is 5. The summed E-state index contributed by atoms with van der Waals surface area (Å²) in [6, 6.07) is 6.02. The molecule has 1 rings (SSSR count). The summed E-state index contributed by atoms with van der Waals surface area (Å²) in [7, 11) is 1.67. The minimum Gasteiger partial charge on any atom is -0.495 e. The molecule has 1 aromatic carbocycles. The quantitative estimate of drug-likeness (QED) is 0.835. The van der Waals surface area contributed by atoms with Gasteiger partial charge in [-0.15, -0.1) is 0 Å². The normalized spacial score (nSPS) is 14.3. The van der Waals surface area contributed by atoms with E-state index >= 15 is 0 Å². The van der Waals surface area contributed by atoms with Gasteiger partial charge in [0.2, 0.25) is 0 Å². The van der Waals surface area contributed by atoms with E-state index in [4.69, 9.17) is 16.3 Å². The highest BCUT2D eigenvalue weighted by Gasteiger charge is 2.12. The van der Waals surface area contributed by atoms with Gasteiger partial charge in [-0.25, -0.2) is 0 Å². The summed E-state index contributed by atoms with van der Waals surface area (Å²) in [6.07, 6.45) is 1.15. The molecule has 0 radical (unpaired) electrons. The van der Waals surface area contributed by atoms with Crippen molar-refractivity contribution in [2.45, 2.75) is 33.2 Å². The van der Waals surface area contributed by atoms with Gasteiger partial charge in [0, 0.05) is 11.1 Å². The minimum atomic E-state index is 0.400. The lowest BCUT2D eigenvalue weighted by molar-refractivity contribution is 0.414. The maximum absolute atomic E-state index is 5.98. The third-order valence-corrected chi connectivity index (χ3v) is 3.28. The van der Waals surface area contributed by atoms with E-state index in [0.29, 0.717) is 12.0 Å². The Morgan fingerprint density at radius 3 is 2.62 bits per heavy atom. The minimum absolute atomic E-state index is 0.400. The van der Waals surface area contributed by atoms with Gasteiger partial charge in [-0.2, -0.15) is 0 Å². The molecule has 2 unspecified atom stereocenters. The zero-order chi connectivity index (χ0) is 12.1. The molecule has 0 bridgehead atoms. The smallest absolute Gasteiger partial charge is 0.142 e. The van der Waals surface area contributed by atoms with Crippen LogP contribution in [-0.2, 0) is 0 Å². The van der Waals surface area contributed by atoms with Gasteiger partial charge in [-0.3, -0.25) is 0 Å². The maximum Gasteiger partial charge on any atom is 0.142 e. The summed E-state index contributed by atoms with van der Waals surface area (Å²) in [4.78, 5) is 0. The zero-order valence-corrected chi connectivity index (χ0v) is 11.1. The number of hydrogen-bond donors (Lipinski definition) is 1. The first-order chi connectivity index (χ1) is 7.58. The van der Waals surface area contributed by atoms with E-state index in [1.165, 1.54) is 0 Å². The molecule has 0 aliphatic rings. The van der Waals surface area contributed by atoms with Gasteiger partial charge in [0.05, 0.1) is 12.8 Å². The van der Waals surface area contributed by atoms with Crippen molar-refractivity contribution in [2.75, 3.05) is 12.4 Å². The Hall–Kier alpha value is -0.890. The SMILES string of the molecule is CCC(C)C(C)Nc1cc(Cl)ccc1OC. The van der Waals surface area contributed by atoms with Gasteiger partial charge in [-0.1, -0.05) is 31.9 Å². The Labute approximate surface area is 103 Å². The predicted octanol–water partition coefficient (Wildman–Crippen LogP) is 4.20. The van der Waals surface area contributed by atoms with E-state index in [-0.39, 0.29) is 0 Å². The Morgan fingerprint density at radius 1 is 1.38 bits per heavy atom. The van der Waals surface area contributed by atoms with Crippen LogP contribution in [0.15, 0.2) is 18.2 Å². The molecule has 0 aromatic heterocycles. The molecular weight excluding hydrogens is 222 g/mol. The number of methoxy groups -OCH3 is 1. The molecule has 0 saturated heterocycles. The van der Waals surface area contributed by atoms with E-state index in [2.05, 4.69) is 26.1 Å². The van der Waals surface area contributed by atoms with Gasteiger partial charge in [0.1, 0.15) is 5.75 Å². The summed E-state index contributed by atoms with van der Waals surface area (Å²) < 4.78 is 5.29. The molecule has 90 valence electrons. The zero-order valence-electron chi connectivity index (χ0n) is 10.4. The van der Waals surface area contributed by atoms with E-state index in [9.17, 15) is 0 Å². The van der Waals surface area contributed by atoms with E-state index in [1.54, 1.807) is 7.11 Å². The van der Waals surface area contributed by atoms with Gasteiger partial charge in [0.25, 0.3) is 0 Å². The molecule has 1 N–H and O–H groups in total. The van der Waals surface area contributed by atoms with Gasteiger partial charge in [0.15, 0.2) is 0 Å². The summed E-state index contributed by atoms with van der Waals surface area (Å²) in [5, 5.41) is 4.17. The molecule has 2 nitrogen and oxygen atoms in total. The number of benzene rings is 1. The first-order valence-electron chi connectivity index (χ1n) is 5.68. The van der Waals surface area contributed by atoms with Crippen LogP contribution in [0.5, 0.6) is 5.75 Å². The molecule has 2 atom stereocenters. The third-order valence-electron chi connectivity index (χ3n) is 3.04. The van der Waals surface area contributed by atoms with Gasteiger partial charge >= 0.3 is 0 Å². The van der Waals surface area contributed by atoms with Crippen molar-refractivity contribution in [2.24, 2.45) is 5.92 Å². The average Bonchev–Trinajstić information content (AvgIpc) is 2.28. The molecule has 3 heteroatoms. The van der Waals surface area contributed by atoms with Gasteiger partial charge in [-0.05, 0) is 31.0 Å². The predicted molar refractivity (Wildman–Crippen MR) is 70.5 cm³/mol. The Balaban J connectivity index is 2.82. The summed E-state index contributed by atoms with van der Waals surface area (Å²) in [5.74, 6) is 1.45. The number of halogens is 1. The summed E-state index contributed by atoms with van der Waals surface area (Å²) >= 11 is 5.98. The fourth-order valence-corrected chi connectivity index (χ4v) is 1.71. The lowest BCUT2D eigenvalue weighted by atomic mass is 10.0. The first kappa shape index (κ1) is 13.2. The molecule has 0 aliphatic heterocycles. The lowest BCUT2D eigenvalue weighted by Crippen LogP contribution is -2.23. The second kappa shape index (κ2) is 6.00. The highest BCUT2D eigenvalue weighted by Crippen LogP contribution is 2.29. The van der Waals surface area contributed by atoms with Gasteiger partial charge < -0.3 is 10.1 Å². The molecule has 16 heavy (non-hydrogen) atoms. The fourth-order valence-electron chi connectivity index (χ4n) is 1.53. The standard InChI is InChI=1S/C13H20ClNO/c1-5-9(2)10(3)15-12-8-11(14)6-7-13(12)16-4/h6-10,15H,5H2,1-4H3. The van der Waals surface area contributed by atoms with Crippen LogP contribution in [0.25, 0.3) is 0 Å².